The Labute approximate surface area is 80.7 Å². The van der Waals surface area contributed by atoms with Gasteiger partial charge in [0.05, 0.1) is 0 Å². The summed E-state index contributed by atoms with van der Waals surface area (Å²) < 4.78 is 73.4. The Morgan fingerprint density at radius 2 is 1.80 bits per heavy atom. The number of nitrogens with zero attached hydrogens (tertiary/aromatic N) is 1. The quantitative estimate of drug-likeness (QED) is 0.530. The fraction of sp³-hybridized carbons (Fsp3) is 0.375. The summed E-state index contributed by atoms with van der Waals surface area (Å²) in [6, 6.07) is 0.0856. The second kappa shape index (κ2) is 3.71. The first-order chi connectivity index (χ1) is 6.73. The predicted octanol–water partition coefficient (Wildman–Crippen LogP) is 3.49. The Kier molecular flexibility index (Phi) is 2.92. The average molecular weight is 229 g/mol. The third-order valence-electron chi connectivity index (χ3n) is 1.75. The van der Waals surface area contributed by atoms with Crippen LogP contribution >= 0.6 is 0 Å². The van der Waals surface area contributed by atoms with Crippen molar-refractivity contribution in [1.29, 1.82) is 0 Å². The van der Waals surface area contributed by atoms with E-state index in [2.05, 4.69) is 4.98 Å². The zero-order valence-corrected chi connectivity index (χ0v) is 7.37. The van der Waals surface area contributed by atoms with Crippen molar-refractivity contribution in [1.82, 2.24) is 4.98 Å². The molecule has 0 unspecified atom stereocenters. The van der Waals surface area contributed by atoms with E-state index in [-0.39, 0.29) is 6.07 Å². The highest BCUT2D eigenvalue weighted by atomic mass is 19.4. The van der Waals surface area contributed by atoms with Gasteiger partial charge in [-0.15, -0.1) is 0 Å². The molecule has 0 bridgehead atoms. The summed E-state index contributed by atoms with van der Waals surface area (Å²) in [7, 11) is 0. The first-order valence-corrected chi connectivity index (χ1v) is 3.76. The summed E-state index contributed by atoms with van der Waals surface area (Å²) in [6.45, 7) is 1.02. The molecule has 0 radical (unpaired) electrons. The third kappa shape index (κ3) is 2.40. The van der Waals surface area contributed by atoms with Gasteiger partial charge in [-0.3, -0.25) is 0 Å². The average Bonchev–Trinajstić information content (AvgIpc) is 2.00. The van der Waals surface area contributed by atoms with Gasteiger partial charge in [0.25, 0.3) is 6.43 Å². The van der Waals surface area contributed by atoms with E-state index in [1.54, 1.807) is 0 Å². The zero-order valence-electron chi connectivity index (χ0n) is 7.37. The van der Waals surface area contributed by atoms with Gasteiger partial charge >= 0.3 is 6.18 Å². The Balaban J connectivity index is 3.37. The smallest absolute Gasteiger partial charge is 0.224 e. The van der Waals surface area contributed by atoms with E-state index >= 15 is 0 Å². The van der Waals surface area contributed by atoms with Gasteiger partial charge in [-0.05, 0) is 13.0 Å². The lowest BCUT2D eigenvalue weighted by molar-refractivity contribution is -0.140. The molecule has 0 aliphatic carbocycles. The third-order valence-corrected chi connectivity index (χ3v) is 1.75. The van der Waals surface area contributed by atoms with Crippen molar-refractivity contribution >= 4 is 0 Å². The molecule has 0 saturated heterocycles. The van der Waals surface area contributed by atoms with Crippen LogP contribution in [-0.2, 0) is 6.18 Å². The number of pyridine rings is 1. The molecule has 0 saturated carbocycles. The molecule has 1 aromatic heterocycles. The lowest BCUT2D eigenvalue weighted by Gasteiger charge is -2.11. The second-order valence-corrected chi connectivity index (χ2v) is 2.80. The van der Waals surface area contributed by atoms with Crippen LogP contribution in [-0.4, -0.2) is 4.98 Å². The molecule has 0 aliphatic rings. The van der Waals surface area contributed by atoms with Crippen LogP contribution in [0.1, 0.15) is 23.2 Å². The number of hydrogen-bond acceptors (Lipinski definition) is 1. The lowest BCUT2D eigenvalue weighted by atomic mass is 10.1. The van der Waals surface area contributed by atoms with Crippen LogP contribution in [0.5, 0.6) is 0 Å². The van der Waals surface area contributed by atoms with Crippen molar-refractivity contribution in [3.05, 3.63) is 28.8 Å². The molecule has 0 atom stereocenters. The van der Waals surface area contributed by atoms with E-state index in [0.29, 0.717) is 0 Å². The van der Waals surface area contributed by atoms with Gasteiger partial charge in [-0.1, -0.05) is 0 Å². The molecule has 0 spiro atoms. The monoisotopic (exact) mass is 229 g/mol. The Morgan fingerprint density at radius 1 is 1.27 bits per heavy atom. The maximum absolute atomic E-state index is 12.7. The number of aromatic nitrogens is 1. The topological polar surface area (TPSA) is 12.9 Å². The Morgan fingerprint density at radius 3 is 2.20 bits per heavy atom. The van der Waals surface area contributed by atoms with Gasteiger partial charge in [0.1, 0.15) is 5.56 Å². The van der Waals surface area contributed by atoms with Crippen molar-refractivity contribution in [2.24, 2.45) is 0 Å². The molecule has 84 valence electrons. The van der Waals surface area contributed by atoms with Crippen LogP contribution in [0.25, 0.3) is 0 Å². The van der Waals surface area contributed by atoms with Crippen LogP contribution in [0.4, 0.5) is 26.3 Å². The number of halogens is 6. The molecule has 0 aliphatic heterocycles. The molecule has 15 heavy (non-hydrogen) atoms. The van der Waals surface area contributed by atoms with Gasteiger partial charge in [-0.25, -0.2) is 13.8 Å². The molecule has 1 aromatic rings. The number of rotatable bonds is 1. The summed E-state index contributed by atoms with van der Waals surface area (Å²) in [5.74, 6) is -1.79. The van der Waals surface area contributed by atoms with Crippen LogP contribution in [0.2, 0.25) is 0 Å². The Bertz CT molecular complexity index is 370. The Hall–Kier alpha value is -1.27. The first kappa shape index (κ1) is 11.8. The van der Waals surface area contributed by atoms with Crippen LogP contribution in [0.3, 0.4) is 0 Å². The maximum Gasteiger partial charge on any atom is 0.420 e. The fourth-order valence-corrected chi connectivity index (χ4v) is 1.01. The summed E-state index contributed by atoms with van der Waals surface area (Å²) in [5.41, 5.74) is -3.14. The van der Waals surface area contributed by atoms with Crippen molar-refractivity contribution < 1.29 is 26.3 Å². The van der Waals surface area contributed by atoms with E-state index in [1.807, 2.05) is 0 Å². The van der Waals surface area contributed by atoms with Crippen molar-refractivity contribution in [2.45, 2.75) is 19.5 Å². The SMILES string of the molecule is Cc1nc(F)c(C(F)(F)F)cc1C(F)F. The summed E-state index contributed by atoms with van der Waals surface area (Å²) in [6.07, 6.45) is -8.13. The second-order valence-electron chi connectivity index (χ2n) is 2.80. The largest absolute Gasteiger partial charge is 0.420 e. The molecule has 0 fully saturated rings. The van der Waals surface area contributed by atoms with Crippen molar-refractivity contribution in [2.75, 3.05) is 0 Å². The van der Waals surface area contributed by atoms with Crippen molar-refractivity contribution in [3.63, 3.8) is 0 Å². The molecular formula is C8H5F6N. The van der Waals surface area contributed by atoms with Gasteiger partial charge in [0.2, 0.25) is 5.95 Å². The minimum Gasteiger partial charge on any atom is -0.224 e. The van der Waals surface area contributed by atoms with E-state index in [4.69, 9.17) is 0 Å². The van der Waals surface area contributed by atoms with Gasteiger partial charge in [0, 0.05) is 11.3 Å². The van der Waals surface area contributed by atoms with E-state index < -0.39 is 35.4 Å². The minimum absolute atomic E-state index is 0.0856. The van der Waals surface area contributed by atoms with E-state index in [1.165, 1.54) is 0 Å². The minimum atomic E-state index is -5.02. The van der Waals surface area contributed by atoms with Gasteiger partial charge < -0.3 is 0 Å². The summed E-state index contributed by atoms with van der Waals surface area (Å²) in [5, 5.41) is 0. The first-order valence-electron chi connectivity index (χ1n) is 3.76. The zero-order chi connectivity index (χ0) is 11.8. The fourth-order valence-electron chi connectivity index (χ4n) is 1.01. The van der Waals surface area contributed by atoms with E-state index in [9.17, 15) is 26.3 Å². The normalized spacial score (nSPS) is 12.3. The number of hydrogen-bond donors (Lipinski definition) is 0. The van der Waals surface area contributed by atoms with Crippen LogP contribution in [0, 0.1) is 12.9 Å². The maximum atomic E-state index is 12.7. The molecular weight excluding hydrogens is 224 g/mol. The lowest BCUT2D eigenvalue weighted by Crippen LogP contribution is -2.12. The molecule has 1 nitrogen and oxygen atoms in total. The molecule has 0 aromatic carbocycles. The number of aryl methyl sites for hydroxylation is 1. The van der Waals surface area contributed by atoms with Crippen LogP contribution in [0.15, 0.2) is 6.07 Å². The van der Waals surface area contributed by atoms with Gasteiger partial charge in [-0.2, -0.15) is 17.6 Å². The predicted molar refractivity (Wildman–Crippen MR) is 38.9 cm³/mol. The molecule has 0 amide bonds. The van der Waals surface area contributed by atoms with Crippen LogP contribution < -0.4 is 0 Å². The highest BCUT2D eigenvalue weighted by molar-refractivity contribution is 5.28. The standard InChI is InChI=1S/C8H5F6N/c1-3-4(6(9)10)2-5(7(11)15-3)8(12,13)14/h2,6H,1H3. The molecule has 7 heteroatoms. The van der Waals surface area contributed by atoms with Crippen molar-refractivity contribution in [3.8, 4) is 0 Å². The molecule has 1 heterocycles. The van der Waals surface area contributed by atoms with E-state index in [0.717, 1.165) is 6.92 Å². The number of alkyl halides is 5. The van der Waals surface area contributed by atoms with Gasteiger partial charge in [0.15, 0.2) is 0 Å². The summed E-state index contributed by atoms with van der Waals surface area (Å²) in [4.78, 5) is 2.79. The summed E-state index contributed by atoms with van der Waals surface area (Å²) >= 11 is 0. The molecule has 0 N–H and O–H groups in total. The highest BCUT2D eigenvalue weighted by Gasteiger charge is 2.36. The molecule has 1 rings (SSSR count). The highest BCUT2D eigenvalue weighted by Crippen LogP contribution is 2.34.